The molecular weight excluding hydrogens is 358 g/mol. The molecule has 7 heteroatoms. The Morgan fingerprint density at radius 1 is 1.00 bits per heavy atom. The van der Waals surface area contributed by atoms with Crippen LogP contribution in [-0.2, 0) is 6.54 Å². The van der Waals surface area contributed by atoms with Crippen molar-refractivity contribution in [1.82, 2.24) is 15.1 Å². The largest absolute Gasteiger partial charge is 0.497 e. The fourth-order valence-corrected chi connectivity index (χ4v) is 2.94. The van der Waals surface area contributed by atoms with Crippen LogP contribution in [0.2, 0.25) is 0 Å². The highest BCUT2D eigenvalue weighted by Crippen LogP contribution is 2.27. The number of methoxy groups -OCH3 is 3. The van der Waals surface area contributed by atoms with Crippen LogP contribution in [0.1, 0.15) is 15.9 Å². The fraction of sp³-hybridized carbons (Fsp3) is 0.238. The van der Waals surface area contributed by atoms with Gasteiger partial charge in [-0.3, -0.25) is 9.89 Å². The first-order chi connectivity index (χ1) is 13.6. The van der Waals surface area contributed by atoms with Crippen LogP contribution in [-0.4, -0.2) is 49.4 Å². The number of H-pyrrole nitrogens is 1. The van der Waals surface area contributed by atoms with E-state index < -0.39 is 0 Å². The number of nitrogens with one attached hydrogen (secondary N) is 1. The molecule has 1 amide bonds. The zero-order valence-electron chi connectivity index (χ0n) is 16.4. The van der Waals surface area contributed by atoms with Crippen LogP contribution in [0.25, 0.3) is 11.3 Å². The third kappa shape index (κ3) is 3.93. The first-order valence-electron chi connectivity index (χ1n) is 8.71. The number of aromatic amines is 1. The number of benzene rings is 2. The number of aromatic nitrogens is 2. The smallest absolute Gasteiger partial charge is 0.257 e. The number of nitrogens with zero attached hydrogens (tertiary/aromatic N) is 2. The van der Waals surface area contributed by atoms with E-state index in [2.05, 4.69) is 10.2 Å². The molecule has 0 atom stereocenters. The Morgan fingerprint density at radius 2 is 1.68 bits per heavy atom. The van der Waals surface area contributed by atoms with Gasteiger partial charge >= 0.3 is 0 Å². The predicted molar refractivity (Wildman–Crippen MR) is 106 cm³/mol. The Labute approximate surface area is 163 Å². The Hall–Kier alpha value is -3.48. The van der Waals surface area contributed by atoms with Gasteiger partial charge in [-0.15, -0.1) is 0 Å². The quantitative estimate of drug-likeness (QED) is 0.679. The van der Waals surface area contributed by atoms with E-state index in [1.165, 1.54) is 0 Å². The van der Waals surface area contributed by atoms with Crippen LogP contribution in [0.15, 0.2) is 48.7 Å². The lowest BCUT2D eigenvalue weighted by Crippen LogP contribution is -2.26. The average molecular weight is 381 g/mol. The molecule has 0 saturated carbocycles. The molecule has 1 heterocycles. The number of carbonyl (C=O) groups is 1. The fourth-order valence-electron chi connectivity index (χ4n) is 2.94. The van der Waals surface area contributed by atoms with Gasteiger partial charge in [0.15, 0.2) is 0 Å². The van der Waals surface area contributed by atoms with Crippen LogP contribution in [0.5, 0.6) is 17.2 Å². The van der Waals surface area contributed by atoms with Gasteiger partial charge in [-0.05, 0) is 36.4 Å². The molecule has 0 fully saturated rings. The van der Waals surface area contributed by atoms with Gasteiger partial charge in [-0.1, -0.05) is 0 Å². The standard InChI is InChI=1S/C21H23N3O4/c1-24(13-15-7-10-17(27-3)11-19(15)28-4)21(25)18-12-22-23-20(18)14-5-8-16(26-2)9-6-14/h5-12H,13H2,1-4H3,(H,22,23). The van der Waals surface area contributed by atoms with Crippen molar-refractivity contribution in [3.8, 4) is 28.5 Å². The summed E-state index contributed by atoms with van der Waals surface area (Å²) in [5, 5.41) is 6.98. The molecule has 2 aromatic carbocycles. The third-order valence-electron chi connectivity index (χ3n) is 4.50. The van der Waals surface area contributed by atoms with E-state index in [9.17, 15) is 4.79 Å². The predicted octanol–water partition coefficient (Wildman–Crippen LogP) is 3.37. The monoisotopic (exact) mass is 381 g/mol. The van der Waals surface area contributed by atoms with Crippen molar-refractivity contribution >= 4 is 5.91 Å². The van der Waals surface area contributed by atoms with Gasteiger partial charge in [-0.25, -0.2) is 0 Å². The van der Waals surface area contributed by atoms with Crippen LogP contribution >= 0.6 is 0 Å². The third-order valence-corrected chi connectivity index (χ3v) is 4.50. The van der Waals surface area contributed by atoms with Gasteiger partial charge in [-0.2, -0.15) is 5.10 Å². The molecule has 28 heavy (non-hydrogen) atoms. The van der Waals surface area contributed by atoms with E-state index in [0.717, 1.165) is 16.9 Å². The van der Waals surface area contributed by atoms with Crippen molar-refractivity contribution in [1.29, 1.82) is 0 Å². The minimum atomic E-state index is -0.141. The first kappa shape index (κ1) is 19.3. The van der Waals surface area contributed by atoms with Gasteiger partial charge < -0.3 is 19.1 Å². The van der Waals surface area contributed by atoms with Crippen molar-refractivity contribution in [3.63, 3.8) is 0 Å². The molecule has 1 aromatic heterocycles. The van der Waals surface area contributed by atoms with Gasteiger partial charge in [0, 0.05) is 30.8 Å². The molecule has 0 spiro atoms. The van der Waals surface area contributed by atoms with Crippen molar-refractivity contribution in [2.24, 2.45) is 0 Å². The summed E-state index contributed by atoms with van der Waals surface area (Å²) in [7, 11) is 6.56. The Balaban J connectivity index is 1.82. The minimum Gasteiger partial charge on any atom is -0.497 e. The summed E-state index contributed by atoms with van der Waals surface area (Å²) in [6, 6.07) is 13.0. The lowest BCUT2D eigenvalue weighted by molar-refractivity contribution is 0.0785. The van der Waals surface area contributed by atoms with Crippen molar-refractivity contribution in [3.05, 3.63) is 59.8 Å². The van der Waals surface area contributed by atoms with Crippen LogP contribution in [0, 0.1) is 0 Å². The average Bonchev–Trinajstić information content (AvgIpc) is 3.23. The Morgan fingerprint density at radius 3 is 2.32 bits per heavy atom. The molecule has 0 saturated heterocycles. The molecule has 7 nitrogen and oxygen atoms in total. The van der Waals surface area contributed by atoms with Crippen molar-refractivity contribution < 1.29 is 19.0 Å². The maximum Gasteiger partial charge on any atom is 0.257 e. The number of amides is 1. The van der Waals surface area contributed by atoms with E-state index in [-0.39, 0.29) is 5.91 Å². The summed E-state index contributed by atoms with van der Waals surface area (Å²) in [5.41, 5.74) is 2.91. The summed E-state index contributed by atoms with van der Waals surface area (Å²) < 4.78 is 15.8. The lowest BCUT2D eigenvalue weighted by atomic mass is 10.1. The van der Waals surface area contributed by atoms with Gasteiger partial charge in [0.1, 0.15) is 17.2 Å². The van der Waals surface area contributed by atoms with E-state index in [0.29, 0.717) is 29.3 Å². The normalized spacial score (nSPS) is 10.4. The summed E-state index contributed by atoms with van der Waals surface area (Å²) in [4.78, 5) is 14.7. The molecule has 0 bridgehead atoms. The number of hydrogen-bond donors (Lipinski definition) is 1. The molecule has 0 aliphatic carbocycles. The van der Waals surface area contributed by atoms with Crippen LogP contribution in [0.3, 0.4) is 0 Å². The number of hydrogen-bond acceptors (Lipinski definition) is 5. The van der Waals surface area contributed by atoms with Gasteiger partial charge in [0.25, 0.3) is 5.91 Å². The SMILES string of the molecule is COc1ccc(-c2[nH]ncc2C(=O)N(C)Cc2ccc(OC)cc2OC)cc1. The van der Waals surface area contributed by atoms with Crippen LogP contribution < -0.4 is 14.2 Å². The Bertz CT molecular complexity index is 951. The molecule has 0 aliphatic rings. The van der Waals surface area contributed by atoms with Gasteiger partial charge in [0.05, 0.1) is 38.8 Å². The number of carbonyl (C=O) groups excluding carboxylic acids is 1. The minimum absolute atomic E-state index is 0.141. The van der Waals surface area contributed by atoms with Gasteiger partial charge in [0.2, 0.25) is 0 Å². The maximum absolute atomic E-state index is 13.0. The van der Waals surface area contributed by atoms with E-state index in [1.807, 2.05) is 36.4 Å². The van der Waals surface area contributed by atoms with Crippen LogP contribution in [0.4, 0.5) is 0 Å². The summed E-state index contributed by atoms with van der Waals surface area (Å²) in [6.45, 7) is 0.388. The molecule has 1 N–H and O–H groups in total. The summed E-state index contributed by atoms with van der Waals surface area (Å²) in [5.74, 6) is 1.98. The topological polar surface area (TPSA) is 76.7 Å². The summed E-state index contributed by atoms with van der Waals surface area (Å²) in [6.07, 6.45) is 1.55. The Kier molecular flexibility index (Phi) is 5.84. The van der Waals surface area contributed by atoms with E-state index in [4.69, 9.17) is 14.2 Å². The molecule has 146 valence electrons. The number of rotatable bonds is 7. The van der Waals surface area contributed by atoms with E-state index in [1.54, 1.807) is 45.5 Å². The zero-order valence-corrected chi connectivity index (χ0v) is 16.4. The highest BCUT2D eigenvalue weighted by molar-refractivity contribution is 5.99. The van der Waals surface area contributed by atoms with E-state index >= 15 is 0 Å². The van der Waals surface area contributed by atoms with Crippen molar-refractivity contribution in [2.45, 2.75) is 6.54 Å². The highest BCUT2D eigenvalue weighted by atomic mass is 16.5. The molecular formula is C21H23N3O4. The highest BCUT2D eigenvalue weighted by Gasteiger charge is 2.20. The second-order valence-corrected chi connectivity index (χ2v) is 6.23. The first-order valence-corrected chi connectivity index (χ1v) is 8.71. The molecule has 3 rings (SSSR count). The van der Waals surface area contributed by atoms with Crippen molar-refractivity contribution in [2.75, 3.05) is 28.4 Å². The summed E-state index contributed by atoms with van der Waals surface area (Å²) >= 11 is 0. The number of ether oxygens (including phenoxy) is 3. The zero-order chi connectivity index (χ0) is 20.1. The second-order valence-electron chi connectivity index (χ2n) is 6.23. The maximum atomic E-state index is 13.0. The molecule has 0 aliphatic heterocycles. The molecule has 3 aromatic rings. The molecule has 0 unspecified atom stereocenters. The lowest BCUT2D eigenvalue weighted by Gasteiger charge is -2.19. The molecule has 0 radical (unpaired) electrons. The second kappa shape index (κ2) is 8.47.